The van der Waals surface area contributed by atoms with E-state index in [4.69, 9.17) is 14.2 Å². The molecular weight excluding hydrogens is 1110 g/mol. The molecule has 0 radical (unpaired) electrons. The molecule has 7 atom stereocenters. The summed E-state index contributed by atoms with van der Waals surface area (Å²) in [4.78, 5) is 25.1. The molecule has 1 rings (SSSR count). The summed E-state index contributed by atoms with van der Waals surface area (Å²) >= 11 is 0. The average Bonchev–Trinajstić information content (AvgIpc) is 2.78. The molecule has 518 valence electrons. The molecule has 1 aliphatic heterocycles. The molecule has 0 spiro atoms. The molecule has 0 aliphatic carbocycles. The van der Waals surface area contributed by atoms with Gasteiger partial charge in [0.1, 0.15) is 24.4 Å². The Labute approximate surface area is 547 Å². The number of aliphatic hydroxyl groups is 5. The van der Waals surface area contributed by atoms with Crippen LogP contribution >= 0.6 is 0 Å². The standard InChI is InChI=1S/C78H141NO10/c1-3-5-7-9-11-13-15-40-44-48-52-56-60-64-71(81)70(69-88-78-77(86)76(85)75(84)72(68-80)89-78)79-73(82)65-61-57-53-49-45-42-38-36-34-32-30-28-26-24-22-20-18-17-19-21-23-25-27-29-31-33-35-37-39-43-47-51-55-59-63-67-87-74(83)66-62-58-54-50-46-41-16-14-12-10-8-6-4-2/h8,10,14,16,19,21,25,27,44,48,60,64,70-72,75-78,80-81,84-86H,3-7,9,11-13,15,17-18,20,22-24,26,28-43,45-47,49-59,61-63,65-69H2,1-2H3,(H,79,82)/b10-8-,16-14-,21-19-,27-25-,48-44+,64-60+. The highest BCUT2D eigenvalue weighted by Crippen LogP contribution is 2.23. The molecule has 0 aromatic carbocycles. The number of ether oxygens (including phenoxy) is 3. The van der Waals surface area contributed by atoms with Gasteiger partial charge in [0, 0.05) is 12.8 Å². The molecule has 0 saturated carbocycles. The third-order valence-electron chi connectivity index (χ3n) is 17.5. The first-order valence-electron chi connectivity index (χ1n) is 37.7. The van der Waals surface area contributed by atoms with E-state index in [9.17, 15) is 35.1 Å². The van der Waals surface area contributed by atoms with Crippen molar-refractivity contribution < 1.29 is 49.3 Å². The van der Waals surface area contributed by atoms with Crippen LogP contribution in [0.1, 0.15) is 348 Å². The molecule has 11 heteroatoms. The Kier molecular flexibility index (Phi) is 62.9. The van der Waals surface area contributed by atoms with Crippen LogP contribution in [0.4, 0.5) is 0 Å². The minimum Gasteiger partial charge on any atom is -0.466 e. The van der Waals surface area contributed by atoms with Gasteiger partial charge in [0.15, 0.2) is 6.29 Å². The maximum atomic E-state index is 13.1. The normalized spacial score (nSPS) is 18.1. The number of unbranched alkanes of at least 4 members (excludes halogenated alkanes) is 42. The molecule has 11 nitrogen and oxygen atoms in total. The third-order valence-corrected chi connectivity index (χ3v) is 17.5. The summed E-state index contributed by atoms with van der Waals surface area (Å²) in [5.41, 5.74) is 0. The minimum atomic E-state index is -1.58. The van der Waals surface area contributed by atoms with Gasteiger partial charge in [0.25, 0.3) is 0 Å². The van der Waals surface area contributed by atoms with Crippen LogP contribution in [0.3, 0.4) is 0 Å². The molecule has 1 saturated heterocycles. The van der Waals surface area contributed by atoms with Gasteiger partial charge in [-0.2, -0.15) is 0 Å². The predicted octanol–water partition coefficient (Wildman–Crippen LogP) is 19.9. The quantitative estimate of drug-likeness (QED) is 0.0195. The van der Waals surface area contributed by atoms with Crippen molar-refractivity contribution in [2.24, 2.45) is 0 Å². The van der Waals surface area contributed by atoms with E-state index in [1.807, 2.05) is 6.08 Å². The Hall–Kier alpha value is -2.90. The monoisotopic (exact) mass is 1250 g/mol. The van der Waals surface area contributed by atoms with Gasteiger partial charge < -0.3 is 45.1 Å². The first kappa shape index (κ1) is 84.1. The molecular formula is C78H141NO10. The molecule has 7 unspecified atom stereocenters. The minimum absolute atomic E-state index is 0.00585. The van der Waals surface area contributed by atoms with Crippen molar-refractivity contribution >= 4 is 11.9 Å². The van der Waals surface area contributed by atoms with E-state index in [1.165, 1.54) is 250 Å². The van der Waals surface area contributed by atoms with Gasteiger partial charge in [-0.05, 0) is 103 Å². The molecule has 1 fully saturated rings. The Balaban J connectivity index is 1.95. The lowest BCUT2D eigenvalue weighted by Gasteiger charge is -2.40. The summed E-state index contributed by atoms with van der Waals surface area (Å²) in [5.74, 6) is -0.195. The molecule has 0 bridgehead atoms. The predicted molar refractivity (Wildman–Crippen MR) is 375 cm³/mol. The smallest absolute Gasteiger partial charge is 0.305 e. The first-order chi connectivity index (χ1) is 43.7. The molecule has 1 aliphatic rings. The Bertz CT molecular complexity index is 1710. The van der Waals surface area contributed by atoms with Crippen LogP contribution in [0, 0.1) is 0 Å². The number of allylic oxidation sites excluding steroid dienone is 11. The van der Waals surface area contributed by atoms with Gasteiger partial charge in [0.05, 0.1) is 32.0 Å². The SMILES string of the molecule is CCC/C=C\C/C=C\CCCCCCCC(=O)OCCCCCCCCCCCCC/C=C\C/C=C\CCCCCCCCCCCCCCCCCCCC(=O)NC(COC1OC(CO)C(O)C(O)C1O)C(O)/C=C/CC/C=C/CCCCCCCCC. The molecule has 89 heavy (non-hydrogen) atoms. The highest BCUT2D eigenvalue weighted by atomic mass is 16.7. The Morgan fingerprint density at radius 2 is 0.787 bits per heavy atom. The number of esters is 1. The van der Waals surface area contributed by atoms with Gasteiger partial charge >= 0.3 is 5.97 Å². The summed E-state index contributed by atoms with van der Waals surface area (Å²) in [7, 11) is 0. The fraction of sp³-hybridized carbons (Fsp3) is 0.821. The van der Waals surface area contributed by atoms with Crippen molar-refractivity contribution in [2.45, 2.75) is 391 Å². The maximum absolute atomic E-state index is 13.1. The van der Waals surface area contributed by atoms with Gasteiger partial charge in [-0.25, -0.2) is 0 Å². The van der Waals surface area contributed by atoms with Gasteiger partial charge in [-0.3, -0.25) is 9.59 Å². The fourth-order valence-corrected chi connectivity index (χ4v) is 11.6. The fourth-order valence-electron chi connectivity index (χ4n) is 11.6. The third kappa shape index (κ3) is 55.3. The van der Waals surface area contributed by atoms with Crippen molar-refractivity contribution in [1.29, 1.82) is 0 Å². The zero-order valence-corrected chi connectivity index (χ0v) is 57.6. The highest BCUT2D eigenvalue weighted by Gasteiger charge is 2.44. The van der Waals surface area contributed by atoms with Crippen LogP contribution in [0.25, 0.3) is 0 Å². The number of amides is 1. The molecule has 1 amide bonds. The lowest BCUT2D eigenvalue weighted by Crippen LogP contribution is -2.60. The van der Waals surface area contributed by atoms with Crippen LogP contribution in [0.2, 0.25) is 0 Å². The number of nitrogens with one attached hydrogen (secondary N) is 1. The molecule has 6 N–H and O–H groups in total. The summed E-state index contributed by atoms with van der Waals surface area (Å²) in [6, 6.07) is -0.827. The Morgan fingerprint density at radius 1 is 0.416 bits per heavy atom. The lowest BCUT2D eigenvalue weighted by molar-refractivity contribution is -0.302. The number of rotatable bonds is 66. The topological polar surface area (TPSA) is 175 Å². The van der Waals surface area contributed by atoms with Crippen LogP contribution < -0.4 is 5.32 Å². The van der Waals surface area contributed by atoms with Gasteiger partial charge in [-0.1, -0.05) is 305 Å². The number of hydrogen-bond acceptors (Lipinski definition) is 10. The number of carbonyl (C=O) groups excluding carboxylic acids is 2. The summed E-state index contributed by atoms with van der Waals surface area (Å²) in [5, 5.41) is 54.5. The van der Waals surface area contributed by atoms with E-state index in [2.05, 4.69) is 79.9 Å². The second-order valence-corrected chi connectivity index (χ2v) is 26.0. The highest BCUT2D eigenvalue weighted by molar-refractivity contribution is 5.76. The van der Waals surface area contributed by atoms with Crippen LogP contribution in [-0.2, 0) is 23.8 Å². The van der Waals surface area contributed by atoms with E-state index in [0.29, 0.717) is 19.4 Å². The van der Waals surface area contributed by atoms with E-state index in [1.54, 1.807) is 6.08 Å². The van der Waals surface area contributed by atoms with E-state index < -0.39 is 49.5 Å². The number of aliphatic hydroxyl groups excluding tert-OH is 5. The van der Waals surface area contributed by atoms with Crippen molar-refractivity contribution in [3.63, 3.8) is 0 Å². The molecule has 0 aromatic heterocycles. The summed E-state index contributed by atoms with van der Waals surface area (Å²) < 4.78 is 16.7. The number of hydrogen-bond donors (Lipinski definition) is 6. The zero-order chi connectivity index (χ0) is 64.4. The second-order valence-electron chi connectivity index (χ2n) is 26.0. The van der Waals surface area contributed by atoms with E-state index in [-0.39, 0.29) is 18.5 Å². The molecule has 1 heterocycles. The van der Waals surface area contributed by atoms with Gasteiger partial charge in [-0.15, -0.1) is 0 Å². The average molecular weight is 1250 g/mol. The molecule has 0 aromatic rings. The lowest BCUT2D eigenvalue weighted by atomic mass is 9.99. The van der Waals surface area contributed by atoms with E-state index >= 15 is 0 Å². The number of carbonyl (C=O) groups is 2. The van der Waals surface area contributed by atoms with Crippen molar-refractivity contribution in [2.75, 3.05) is 19.8 Å². The van der Waals surface area contributed by atoms with Crippen LogP contribution in [-0.4, -0.2) is 100 Å². The van der Waals surface area contributed by atoms with Crippen molar-refractivity contribution in [1.82, 2.24) is 5.32 Å². The maximum Gasteiger partial charge on any atom is 0.305 e. The van der Waals surface area contributed by atoms with Crippen LogP contribution in [0.5, 0.6) is 0 Å². The van der Waals surface area contributed by atoms with E-state index in [0.717, 1.165) is 70.6 Å². The Morgan fingerprint density at radius 3 is 1.22 bits per heavy atom. The first-order valence-corrected chi connectivity index (χ1v) is 37.7. The van der Waals surface area contributed by atoms with Crippen LogP contribution in [0.15, 0.2) is 72.9 Å². The second kappa shape index (κ2) is 66.6. The largest absolute Gasteiger partial charge is 0.466 e. The zero-order valence-electron chi connectivity index (χ0n) is 57.6. The van der Waals surface area contributed by atoms with Crippen molar-refractivity contribution in [3.05, 3.63) is 72.9 Å². The summed E-state index contributed by atoms with van der Waals surface area (Å²) in [6.45, 7) is 4.28. The summed E-state index contributed by atoms with van der Waals surface area (Å²) in [6.07, 6.45) is 80.6. The van der Waals surface area contributed by atoms with Gasteiger partial charge in [0.2, 0.25) is 5.91 Å². The van der Waals surface area contributed by atoms with Crippen molar-refractivity contribution in [3.8, 4) is 0 Å².